The Morgan fingerprint density at radius 2 is 1.81 bits per heavy atom. The highest BCUT2D eigenvalue weighted by Crippen LogP contribution is 2.49. The second-order valence-corrected chi connectivity index (χ2v) is 9.73. The molecule has 1 aliphatic heterocycles. The van der Waals surface area contributed by atoms with Crippen LogP contribution in [0.25, 0.3) is 11.3 Å². The van der Waals surface area contributed by atoms with Crippen LogP contribution in [0.1, 0.15) is 44.2 Å². The summed E-state index contributed by atoms with van der Waals surface area (Å²) in [5.74, 6) is -2.22. The van der Waals surface area contributed by atoms with Gasteiger partial charge in [-0.2, -0.15) is 0 Å². The molecule has 36 heavy (non-hydrogen) atoms. The number of esters is 2. The standard InChI is InChI=1S/C28H31N3O4S/c1-5-34-25(32)22-17(3)31-28(4,27-30-21(16-36-27)19-13-10-14-20(29)15-19)24(26(33)35-6-2)23(22)18-11-8-7-9-12-18/h7-16,23-24,31H,5-6,29H2,1-4H3. The molecule has 0 fully saturated rings. The first-order valence-corrected chi connectivity index (χ1v) is 12.9. The fourth-order valence-electron chi connectivity index (χ4n) is 4.91. The van der Waals surface area contributed by atoms with Crippen molar-refractivity contribution in [3.05, 3.63) is 81.8 Å². The molecular weight excluding hydrogens is 474 g/mol. The minimum absolute atomic E-state index is 0.219. The highest BCUT2D eigenvalue weighted by molar-refractivity contribution is 7.10. The van der Waals surface area contributed by atoms with E-state index in [1.165, 1.54) is 11.3 Å². The van der Waals surface area contributed by atoms with E-state index in [4.69, 9.17) is 20.2 Å². The molecule has 0 spiro atoms. The molecule has 188 valence electrons. The first-order valence-electron chi connectivity index (χ1n) is 12.0. The van der Waals surface area contributed by atoms with Crippen molar-refractivity contribution in [1.82, 2.24) is 10.3 Å². The molecule has 0 saturated carbocycles. The van der Waals surface area contributed by atoms with Gasteiger partial charge in [0.05, 0.1) is 30.4 Å². The quantitative estimate of drug-likeness (QED) is 0.344. The summed E-state index contributed by atoms with van der Waals surface area (Å²) >= 11 is 1.45. The zero-order valence-electron chi connectivity index (χ0n) is 20.9. The van der Waals surface area contributed by atoms with Crippen LogP contribution < -0.4 is 11.1 Å². The molecule has 1 aliphatic rings. The summed E-state index contributed by atoms with van der Waals surface area (Å²) in [6.45, 7) is 7.77. The first-order chi connectivity index (χ1) is 17.3. The lowest BCUT2D eigenvalue weighted by Crippen LogP contribution is -2.55. The van der Waals surface area contributed by atoms with Crippen molar-refractivity contribution >= 4 is 29.0 Å². The van der Waals surface area contributed by atoms with Crippen molar-refractivity contribution in [2.75, 3.05) is 18.9 Å². The molecule has 0 bridgehead atoms. The van der Waals surface area contributed by atoms with E-state index in [2.05, 4.69) is 5.32 Å². The molecule has 4 rings (SSSR count). The van der Waals surface area contributed by atoms with E-state index in [1.807, 2.05) is 73.8 Å². The van der Waals surface area contributed by atoms with Gasteiger partial charge in [0.25, 0.3) is 0 Å². The van der Waals surface area contributed by atoms with E-state index >= 15 is 0 Å². The molecule has 2 aromatic carbocycles. The minimum atomic E-state index is -0.948. The number of carbonyl (C=O) groups is 2. The summed E-state index contributed by atoms with van der Waals surface area (Å²) in [6, 6.07) is 17.1. The number of anilines is 1. The van der Waals surface area contributed by atoms with Crippen LogP contribution in [0.5, 0.6) is 0 Å². The number of nitrogen functional groups attached to an aromatic ring is 1. The Morgan fingerprint density at radius 3 is 2.47 bits per heavy atom. The van der Waals surface area contributed by atoms with Crippen molar-refractivity contribution in [3.8, 4) is 11.3 Å². The van der Waals surface area contributed by atoms with Crippen LogP contribution >= 0.6 is 11.3 Å². The molecule has 2 heterocycles. The molecule has 0 saturated heterocycles. The number of hydrogen-bond donors (Lipinski definition) is 2. The summed E-state index contributed by atoms with van der Waals surface area (Å²) in [7, 11) is 0. The molecule has 3 N–H and O–H groups in total. The Bertz CT molecular complexity index is 1290. The third-order valence-corrected chi connectivity index (χ3v) is 7.52. The van der Waals surface area contributed by atoms with Gasteiger partial charge in [0.2, 0.25) is 0 Å². The number of nitrogens with zero attached hydrogens (tertiary/aromatic N) is 1. The summed E-state index contributed by atoms with van der Waals surface area (Å²) in [6.07, 6.45) is 0. The molecule has 0 aliphatic carbocycles. The number of rotatable bonds is 7. The molecule has 7 nitrogen and oxygen atoms in total. The van der Waals surface area contributed by atoms with Crippen molar-refractivity contribution < 1.29 is 19.1 Å². The monoisotopic (exact) mass is 505 g/mol. The molecule has 0 radical (unpaired) electrons. The maximum atomic E-state index is 13.6. The van der Waals surface area contributed by atoms with Gasteiger partial charge in [-0.05, 0) is 45.4 Å². The summed E-state index contributed by atoms with van der Waals surface area (Å²) in [5.41, 5.74) is 9.24. The van der Waals surface area contributed by atoms with Gasteiger partial charge in [0, 0.05) is 28.2 Å². The van der Waals surface area contributed by atoms with Crippen LogP contribution in [0.3, 0.4) is 0 Å². The fraction of sp³-hybridized carbons (Fsp3) is 0.321. The summed E-state index contributed by atoms with van der Waals surface area (Å²) < 4.78 is 11.0. The number of hydrogen-bond acceptors (Lipinski definition) is 8. The number of benzene rings is 2. The number of nitrogens with one attached hydrogen (secondary N) is 1. The van der Waals surface area contributed by atoms with Gasteiger partial charge in [0.15, 0.2) is 0 Å². The lowest BCUT2D eigenvalue weighted by molar-refractivity contribution is -0.152. The van der Waals surface area contributed by atoms with E-state index in [9.17, 15) is 9.59 Å². The van der Waals surface area contributed by atoms with Crippen molar-refractivity contribution in [2.45, 2.75) is 39.2 Å². The van der Waals surface area contributed by atoms with E-state index in [1.54, 1.807) is 13.8 Å². The predicted octanol–water partition coefficient (Wildman–Crippen LogP) is 5.01. The maximum Gasteiger partial charge on any atom is 0.336 e. The van der Waals surface area contributed by atoms with Gasteiger partial charge in [-0.1, -0.05) is 42.5 Å². The van der Waals surface area contributed by atoms with Crippen LogP contribution in [0.15, 0.2) is 71.2 Å². The second kappa shape index (κ2) is 10.5. The third kappa shape index (κ3) is 4.73. The average molecular weight is 506 g/mol. The van der Waals surface area contributed by atoms with Crippen LogP contribution in [0, 0.1) is 5.92 Å². The Kier molecular flexibility index (Phi) is 7.45. The minimum Gasteiger partial charge on any atom is -0.466 e. The van der Waals surface area contributed by atoms with Crippen LogP contribution in [-0.2, 0) is 24.6 Å². The topological polar surface area (TPSA) is 104 Å². The smallest absolute Gasteiger partial charge is 0.336 e. The Morgan fingerprint density at radius 1 is 1.08 bits per heavy atom. The highest BCUT2D eigenvalue weighted by Gasteiger charge is 2.54. The van der Waals surface area contributed by atoms with Gasteiger partial charge in [0.1, 0.15) is 10.5 Å². The molecule has 8 heteroatoms. The predicted molar refractivity (Wildman–Crippen MR) is 141 cm³/mol. The molecular formula is C28H31N3O4S. The Labute approximate surface area is 215 Å². The van der Waals surface area contributed by atoms with Gasteiger partial charge < -0.3 is 20.5 Å². The number of ether oxygens (including phenoxy) is 2. The van der Waals surface area contributed by atoms with Crippen LogP contribution in [0.2, 0.25) is 0 Å². The molecule has 3 unspecified atom stereocenters. The van der Waals surface area contributed by atoms with Gasteiger partial charge in [-0.25, -0.2) is 9.78 Å². The third-order valence-electron chi connectivity index (χ3n) is 6.44. The number of carbonyl (C=O) groups excluding carboxylic acids is 2. The van der Waals surface area contributed by atoms with Crippen LogP contribution in [0.4, 0.5) is 5.69 Å². The SMILES string of the molecule is CCOC(=O)C1=C(C)NC(C)(c2nc(-c3cccc(N)c3)cs2)C(C(=O)OCC)C1c1ccccc1. The summed E-state index contributed by atoms with van der Waals surface area (Å²) in [4.78, 5) is 31.8. The summed E-state index contributed by atoms with van der Waals surface area (Å²) in [5, 5.41) is 6.13. The molecule has 1 aromatic heterocycles. The van der Waals surface area contributed by atoms with E-state index in [0.29, 0.717) is 22.0 Å². The zero-order valence-corrected chi connectivity index (χ0v) is 21.7. The van der Waals surface area contributed by atoms with E-state index < -0.39 is 29.3 Å². The Hall–Kier alpha value is -3.65. The Balaban J connectivity index is 1.90. The first kappa shape index (κ1) is 25.4. The zero-order chi connectivity index (χ0) is 25.9. The maximum absolute atomic E-state index is 13.6. The number of nitrogens with two attached hydrogens (primary N) is 1. The molecule has 3 atom stereocenters. The van der Waals surface area contributed by atoms with Gasteiger partial charge in [-0.3, -0.25) is 4.79 Å². The number of thiazole rings is 1. The lowest BCUT2D eigenvalue weighted by atomic mass is 9.67. The van der Waals surface area contributed by atoms with Crippen molar-refractivity contribution in [2.24, 2.45) is 5.92 Å². The van der Waals surface area contributed by atoms with Gasteiger partial charge in [-0.15, -0.1) is 11.3 Å². The molecule has 3 aromatic rings. The highest BCUT2D eigenvalue weighted by atomic mass is 32.1. The average Bonchev–Trinajstić information content (AvgIpc) is 3.36. The normalized spacial score (nSPS) is 21.6. The fourth-order valence-corrected chi connectivity index (χ4v) is 5.90. The van der Waals surface area contributed by atoms with Crippen molar-refractivity contribution in [1.29, 1.82) is 0 Å². The lowest BCUT2D eigenvalue weighted by Gasteiger charge is -2.45. The van der Waals surface area contributed by atoms with Gasteiger partial charge >= 0.3 is 11.9 Å². The van der Waals surface area contributed by atoms with E-state index in [-0.39, 0.29) is 13.2 Å². The van der Waals surface area contributed by atoms with Crippen LogP contribution in [-0.4, -0.2) is 30.1 Å². The van der Waals surface area contributed by atoms with E-state index in [0.717, 1.165) is 16.8 Å². The largest absolute Gasteiger partial charge is 0.466 e. The van der Waals surface area contributed by atoms with Crippen molar-refractivity contribution in [3.63, 3.8) is 0 Å². The molecule has 0 amide bonds. The number of aromatic nitrogens is 1. The second-order valence-electron chi connectivity index (χ2n) is 8.87. The number of allylic oxidation sites excluding steroid dienone is 1.